The minimum absolute atomic E-state index is 0. The summed E-state index contributed by atoms with van der Waals surface area (Å²) in [5.74, 6) is 0.981. The first-order valence-electron chi connectivity index (χ1n) is 8.61. The van der Waals surface area contributed by atoms with E-state index in [0.29, 0.717) is 30.2 Å². The first-order chi connectivity index (χ1) is 11.6. The summed E-state index contributed by atoms with van der Waals surface area (Å²) in [5.41, 5.74) is 0.754. The van der Waals surface area contributed by atoms with Crippen molar-refractivity contribution in [3.8, 4) is 5.75 Å². The maximum atomic E-state index is 12.2. The predicted octanol–water partition coefficient (Wildman–Crippen LogP) is 2.09. The second kappa shape index (κ2) is 9.06. The van der Waals surface area contributed by atoms with Crippen LogP contribution in [0.4, 0.5) is 5.69 Å². The van der Waals surface area contributed by atoms with Gasteiger partial charge < -0.3 is 20.7 Å². The highest BCUT2D eigenvalue weighted by atomic mass is 35.5. The SMILES string of the molecule is CNC(=O)COc1ccc(NC(=O)CC2CC3CCC(C2)N3)cc1.Cl. The molecule has 3 rings (SSSR count). The molecule has 0 saturated carbocycles. The molecule has 2 unspecified atom stereocenters. The molecule has 0 aromatic heterocycles. The Balaban J connectivity index is 0.00000225. The number of carbonyl (C=O) groups excluding carboxylic acids is 2. The number of rotatable bonds is 6. The molecule has 138 valence electrons. The summed E-state index contributed by atoms with van der Waals surface area (Å²) in [6, 6.07) is 8.32. The lowest BCUT2D eigenvalue weighted by Crippen LogP contribution is -2.39. The van der Waals surface area contributed by atoms with Crippen LogP contribution in [0.15, 0.2) is 24.3 Å². The Kier molecular flexibility index (Phi) is 7.08. The number of ether oxygens (including phenoxy) is 1. The predicted molar refractivity (Wildman–Crippen MR) is 99.2 cm³/mol. The highest BCUT2D eigenvalue weighted by molar-refractivity contribution is 5.90. The molecule has 2 aliphatic rings. The standard InChI is InChI=1S/C18H25N3O3.ClH/c1-19-18(23)11-24-16-6-4-13(5-7-16)21-17(22)10-12-8-14-2-3-15(9-12)20-14;/h4-7,12,14-15,20H,2-3,8-11H2,1H3,(H,19,23)(H,21,22);1H. The lowest BCUT2D eigenvalue weighted by Gasteiger charge is -2.28. The summed E-state index contributed by atoms with van der Waals surface area (Å²) < 4.78 is 5.34. The summed E-state index contributed by atoms with van der Waals surface area (Å²) in [4.78, 5) is 23.4. The molecule has 3 N–H and O–H groups in total. The fourth-order valence-corrected chi connectivity index (χ4v) is 3.67. The zero-order chi connectivity index (χ0) is 16.9. The second-order valence-electron chi connectivity index (χ2n) is 6.71. The summed E-state index contributed by atoms with van der Waals surface area (Å²) >= 11 is 0. The van der Waals surface area contributed by atoms with Gasteiger partial charge in [-0.2, -0.15) is 0 Å². The fourth-order valence-electron chi connectivity index (χ4n) is 3.67. The molecular formula is C18H26ClN3O3. The smallest absolute Gasteiger partial charge is 0.257 e. The summed E-state index contributed by atoms with van der Waals surface area (Å²) in [7, 11) is 1.57. The average Bonchev–Trinajstić information content (AvgIpc) is 2.92. The number of anilines is 1. The van der Waals surface area contributed by atoms with Crippen molar-refractivity contribution in [3.63, 3.8) is 0 Å². The van der Waals surface area contributed by atoms with Crippen LogP contribution in [0, 0.1) is 5.92 Å². The van der Waals surface area contributed by atoms with Crippen molar-refractivity contribution in [2.45, 2.75) is 44.2 Å². The molecule has 25 heavy (non-hydrogen) atoms. The molecule has 7 heteroatoms. The van der Waals surface area contributed by atoms with Crippen LogP contribution in [0.2, 0.25) is 0 Å². The van der Waals surface area contributed by atoms with Crippen LogP contribution in [0.3, 0.4) is 0 Å². The van der Waals surface area contributed by atoms with Crippen LogP contribution in [0.25, 0.3) is 0 Å². The molecule has 0 spiro atoms. The van der Waals surface area contributed by atoms with Gasteiger partial charge in [-0.3, -0.25) is 9.59 Å². The highest BCUT2D eigenvalue weighted by Crippen LogP contribution is 2.32. The Morgan fingerprint density at radius 1 is 1.12 bits per heavy atom. The first kappa shape index (κ1) is 19.5. The monoisotopic (exact) mass is 367 g/mol. The van der Waals surface area contributed by atoms with Crippen LogP contribution < -0.4 is 20.7 Å². The van der Waals surface area contributed by atoms with E-state index in [0.717, 1.165) is 18.5 Å². The van der Waals surface area contributed by atoms with E-state index >= 15 is 0 Å². The van der Waals surface area contributed by atoms with Crippen LogP contribution in [0.5, 0.6) is 5.75 Å². The number of carbonyl (C=O) groups is 2. The van der Waals surface area contributed by atoms with Crippen LogP contribution >= 0.6 is 12.4 Å². The number of halogens is 1. The number of hydrogen-bond acceptors (Lipinski definition) is 4. The van der Waals surface area contributed by atoms with Gasteiger partial charge in [-0.05, 0) is 55.9 Å². The number of nitrogens with one attached hydrogen (secondary N) is 3. The zero-order valence-corrected chi connectivity index (χ0v) is 15.2. The third-order valence-electron chi connectivity index (χ3n) is 4.83. The van der Waals surface area contributed by atoms with Gasteiger partial charge in [0.1, 0.15) is 5.75 Å². The van der Waals surface area contributed by atoms with Crippen LogP contribution in [-0.4, -0.2) is 37.6 Å². The van der Waals surface area contributed by atoms with Crippen molar-refractivity contribution in [1.82, 2.24) is 10.6 Å². The van der Waals surface area contributed by atoms with E-state index in [2.05, 4.69) is 16.0 Å². The van der Waals surface area contributed by atoms with Gasteiger partial charge >= 0.3 is 0 Å². The van der Waals surface area contributed by atoms with Crippen molar-refractivity contribution >= 4 is 29.9 Å². The molecule has 2 fully saturated rings. The third kappa shape index (κ3) is 5.61. The molecule has 2 atom stereocenters. The molecule has 0 radical (unpaired) electrons. The van der Waals surface area contributed by atoms with E-state index in [1.54, 1.807) is 31.3 Å². The number of hydrogen-bond donors (Lipinski definition) is 3. The van der Waals surface area contributed by atoms with Crippen molar-refractivity contribution < 1.29 is 14.3 Å². The Bertz CT molecular complexity index is 582. The van der Waals surface area contributed by atoms with Gasteiger partial charge in [-0.1, -0.05) is 0 Å². The number of fused-ring (bicyclic) bond motifs is 2. The average molecular weight is 368 g/mol. The van der Waals surface area contributed by atoms with E-state index in [9.17, 15) is 9.59 Å². The summed E-state index contributed by atoms with van der Waals surface area (Å²) in [6.45, 7) is -0.0136. The normalized spacial score (nSPS) is 24.1. The summed E-state index contributed by atoms with van der Waals surface area (Å²) in [5, 5.41) is 9.04. The molecule has 6 nitrogen and oxygen atoms in total. The second-order valence-corrected chi connectivity index (χ2v) is 6.71. The highest BCUT2D eigenvalue weighted by Gasteiger charge is 2.34. The third-order valence-corrected chi connectivity index (χ3v) is 4.83. The maximum absolute atomic E-state index is 12.2. The van der Waals surface area contributed by atoms with E-state index in [1.807, 2.05) is 0 Å². The zero-order valence-electron chi connectivity index (χ0n) is 14.4. The van der Waals surface area contributed by atoms with E-state index < -0.39 is 0 Å². The Hall–Kier alpha value is -1.79. The molecule has 0 aliphatic carbocycles. The molecule has 2 saturated heterocycles. The first-order valence-corrected chi connectivity index (χ1v) is 8.61. The van der Waals surface area contributed by atoms with E-state index in [4.69, 9.17) is 4.74 Å². The molecule has 1 aromatic carbocycles. The number of piperidine rings is 1. The van der Waals surface area contributed by atoms with Crippen molar-refractivity contribution in [3.05, 3.63) is 24.3 Å². The van der Waals surface area contributed by atoms with E-state index in [1.165, 1.54) is 12.8 Å². The Morgan fingerprint density at radius 3 is 2.36 bits per heavy atom. The lowest BCUT2D eigenvalue weighted by atomic mass is 9.89. The minimum Gasteiger partial charge on any atom is -0.484 e. The maximum Gasteiger partial charge on any atom is 0.257 e. The van der Waals surface area contributed by atoms with Gasteiger partial charge in [0.2, 0.25) is 5.91 Å². The van der Waals surface area contributed by atoms with Crippen molar-refractivity contribution in [2.24, 2.45) is 5.92 Å². The molecule has 2 aliphatic heterocycles. The molecule has 2 bridgehead atoms. The van der Waals surface area contributed by atoms with Gasteiger partial charge in [0.15, 0.2) is 6.61 Å². The molecule has 1 aromatic rings. The van der Waals surface area contributed by atoms with Gasteiger partial charge in [0, 0.05) is 31.2 Å². The fraction of sp³-hybridized carbons (Fsp3) is 0.556. The minimum atomic E-state index is -0.177. The van der Waals surface area contributed by atoms with Gasteiger partial charge in [0.05, 0.1) is 0 Å². The summed E-state index contributed by atoms with van der Waals surface area (Å²) in [6.07, 6.45) is 5.30. The number of likely N-dealkylation sites (N-methyl/N-ethyl adjacent to an activating group) is 1. The van der Waals surface area contributed by atoms with Crippen LogP contribution in [0.1, 0.15) is 32.1 Å². The Morgan fingerprint density at radius 2 is 1.76 bits per heavy atom. The van der Waals surface area contributed by atoms with Gasteiger partial charge in [-0.25, -0.2) is 0 Å². The number of amides is 2. The van der Waals surface area contributed by atoms with Gasteiger partial charge in [-0.15, -0.1) is 12.4 Å². The van der Waals surface area contributed by atoms with E-state index in [-0.39, 0.29) is 30.8 Å². The Labute approximate surface area is 154 Å². The lowest BCUT2D eigenvalue weighted by molar-refractivity contribution is -0.122. The van der Waals surface area contributed by atoms with Crippen molar-refractivity contribution in [2.75, 3.05) is 19.0 Å². The van der Waals surface area contributed by atoms with Crippen LogP contribution in [-0.2, 0) is 9.59 Å². The quantitative estimate of drug-likeness (QED) is 0.719. The number of benzene rings is 1. The van der Waals surface area contributed by atoms with Crippen molar-refractivity contribution in [1.29, 1.82) is 0 Å². The molecule has 2 heterocycles. The molecule has 2 amide bonds. The molecular weight excluding hydrogens is 342 g/mol. The topological polar surface area (TPSA) is 79.5 Å². The van der Waals surface area contributed by atoms with Gasteiger partial charge in [0.25, 0.3) is 5.91 Å². The largest absolute Gasteiger partial charge is 0.484 e.